The van der Waals surface area contributed by atoms with Crippen LogP contribution >= 0.6 is 0 Å². The van der Waals surface area contributed by atoms with Gasteiger partial charge in [0.25, 0.3) is 0 Å². The average molecular weight is 275 g/mol. The number of ether oxygens (including phenoxy) is 2. The highest BCUT2D eigenvalue weighted by molar-refractivity contribution is 5.97. The van der Waals surface area contributed by atoms with Crippen LogP contribution in [0.5, 0.6) is 5.75 Å². The van der Waals surface area contributed by atoms with Gasteiger partial charge in [0.15, 0.2) is 5.69 Å². The Bertz CT molecular complexity index is 644. The van der Waals surface area contributed by atoms with Gasteiger partial charge in [-0.15, -0.1) is 0 Å². The monoisotopic (exact) mass is 275 g/mol. The van der Waals surface area contributed by atoms with E-state index in [1.165, 1.54) is 7.11 Å². The van der Waals surface area contributed by atoms with Gasteiger partial charge in [0, 0.05) is 6.20 Å². The molecule has 0 aliphatic carbocycles. The van der Waals surface area contributed by atoms with Crippen molar-refractivity contribution in [2.75, 3.05) is 20.8 Å². The van der Waals surface area contributed by atoms with Crippen molar-refractivity contribution in [1.82, 2.24) is 14.7 Å². The molecule has 6 heteroatoms. The molecule has 3 heterocycles. The second-order valence-electron chi connectivity index (χ2n) is 4.75. The fourth-order valence-electron chi connectivity index (χ4n) is 2.69. The van der Waals surface area contributed by atoms with Gasteiger partial charge in [-0.05, 0) is 31.5 Å². The zero-order valence-corrected chi connectivity index (χ0v) is 11.5. The quantitative estimate of drug-likeness (QED) is 0.861. The van der Waals surface area contributed by atoms with Crippen molar-refractivity contribution in [3.8, 4) is 5.75 Å². The minimum absolute atomic E-state index is 0.160. The number of hydrogen-bond donors (Lipinski definition) is 1. The average Bonchev–Trinajstić information content (AvgIpc) is 3.12. The van der Waals surface area contributed by atoms with Crippen molar-refractivity contribution >= 4 is 11.5 Å². The maximum Gasteiger partial charge on any atom is 0.359 e. The summed E-state index contributed by atoms with van der Waals surface area (Å²) < 4.78 is 12.1. The van der Waals surface area contributed by atoms with Gasteiger partial charge in [-0.3, -0.25) is 4.40 Å². The van der Waals surface area contributed by atoms with E-state index < -0.39 is 5.97 Å². The van der Waals surface area contributed by atoms with Crippen LogP contribution in [0.2, 0.25) is 0 Å². The molecule has 1 atom stereocenters. The molecule has 20 heavy (non-hydrogen) atoms. The SMILES string of the molecule is COC(=O)c1nc(C2CCCN2)n2cccc(OC)c12. The molecular weight excluding hydrogens is 258 g/mol. The van der Waals surface area contributed by atoms with E-state index in [0.717, 1.165) is 25.2 Å². The van der Waals surface area contributed by atoms with E-state index in [1.807, 2.05) is 22.7 Å². The summed E-state index contributed by atoms with van der Waals surface area (Å²) in [5, 5.41) is 3.40. The molecule has 6 nitrogen and oxygen atoms in total. The van der Waals surface area contributed by atoms with Gasteiger partial charge in [0.2, 0.25) is 0 Å². The van der Waals surface area contributed by atoms with E-state index in [9.17, 15) is 4.79 Å². The maximum absolute atomic E-state index is 11.9. The summed E-state index contributed by atoms with van der Waals surface area (Å²) in [6, 6.07) is 3.86. The molecule has 0 aromatic carbocycles. The Labute approximate surface area is 116 Å². The molecule has 1 N–H and O–H groups in total. The predicted molar refractivity (Wildman–Crippen MR) is 73.1 cm³/mol. The number of hydrogen-bond acceptors (Lipinski definition) is 5. The van der Waals surface area contributed by atoms with Gasteiger partial charge in [-0.2, -0.15) is 0 Å². The minimum Gasteiger partial charge on any atom is -0.494 e. The number of fused-ring (bicyclic) bond motifs is 1. The third kappa shape index (κ3) is 1.92. The number of methoxy groups -OCH3 is 2. The Hall–Kier alpha value is -2.08. The number of imidazole rings is 1. The normalized spacial score (nSPS) is 18.4. The molecule has 0 radical (unpaired) electrons. The van der Waals surface area contributed by atoms with Gasteiger partial charge in [-0.1, -0.05) is 0 Å². The first-order valence-corrected chi connectivity index (χ1v) is 6.63. The number of aromatic nitrogens is 2. The van der Waals surface area contributed by atoms with Crippen LogP contribution in [0.4, 0.5) is 0 Å². The molecule has 1 aliphatic rings. The van der Waals surface area contributed by atoms with Crippen LogP contribution in [-0.2, 0) is 4.74 Å². The highest BCUT2D eigenvalue weighted by Gasteiger charge is 2.27. The summed E-state index contributed by atoms with van der Waals surface area (Å²) in [7, 11) is 2.94. The van der Waals surface area contributed by atoms with Crippen molar-refractivity contribution < 1.29 is 14.3 Å². The highest BCUT2D eigenvalue weighted by Crippen LogP contribution is 2.30. The Balaban J connectivity index is 2.23. The van der Waals surface area contributed by atoms with Crippen molar-refractivity contribution in [3.05, 3.63) is 29.8 Å². The van der Waals surface area contributed by atoms with E-state index >= 15 is 0 Å². The molecule has 0 saturated carbocycles. The molecule has 0 spiro atoms. The summed E-state index contributed by atoms with van der Waals surface area (Å²) in [4.78, 5) is 16.4. The number of esters is 1. The van der Waals surface area contributed by atoms with Crippen molar-refractivity contribution in [1.29, 1.82) is 0 Å². The summed E-state index contributed by atoms with van der Waals surface area (Å²) in [5.74, 6) is 0.998. The van der Waals surface area contributed by atoms with Crippen LogP contribution in [0.15, 0.2) is 18.3 Å². The molecule has 2 aromatic heterocycles. The molecule has 2 aromatic rings. The second kappa shape index (κ2) is 5.13. The lowest BCUT2D eigenvalue weighted by atomic mass is 10.2. The van der Waals surface area contributed by atoms with Crippen LogP contribution < -0.4 is 10.1 Å². The Morgan fingerprint density at radius 3 is 3.00 bits per heavy atom. The first-order chi connectivity index (χ1) is 9.76. The molecule has 0 bridgehead atoms. The topological polar surface area (TPSA) is 64.9 Å². The van der Waals surface area contributed by atoms with Crippen molar-refractivity contribution in [2.24, 2.45) is 0 Å². The van der Waals surface area contributed by atoms with E-state index in [1.54, 1.807) is 7.11 Å². The molecule has 1 saturated heterocycles. The van der Waals surface area contributed by atoms with E-state index in [0.29, 0.717) is 17.0 Å². The number of carbonyl (C=O) groups excluding carboxylic acids is 1. The zero-order chi connectivity index (χ0) is 14.1. The van der Waals surface area contributed by atoms with Crippen LogP contribution in [0.3, 0.4) is 0 Å². The molecule has 1 fully saturated rings. The third-order valence-corrected chi connectivity index (χ3v) is 3.63. The third-order valence-electron chi connectivity index (χ3n) is 3.63. The predicted octanol–water partition coefficient (Wildman–Crippen LogP) is 1.55. The molecule has 3 rings (SSSR count). The van der Waals surface area contributed by atoms with Crippen molar-refractivity contribution in [2.45, 2.75) is 18.9 Å². The lowest BCUT2D eigenvalue weighted by molar-refractivity contribution is 0.0596. The summed E-state index contributed by atoms with van der Waals surface area (Å²) in [5.41, 5.74) is 0.958. The number of carbonyl (C=O) groups is 1. The smallest absolute Gasteiger partial charge is 0.359 e. The summed E-state index contributed by atoms with van der Waals surface area (Å²) >= 11 is 0. The Morgan fingerprint density at radius 2 is 2.35 bits per heavy atom. The summed E-state index contributed by atoms with van der Waals surface area (Å²) in [6.45, 7) is 0.969. The largest absolute Gasteiger partial charge is 0.494 e. The highest BCUT2D eigenvalue weighted by atomic mass is 16.5. The number of pyridine rings is 1. The number of rotatable bonds is 3. The van der Waals surface area contributed by atoms with Gasteiger partial charge >= 0.3 is 5.97 Å². The van der Waals surface area contributed by atoms with Crippen LogP contribution in [0.25, 0.3) is 5.52 Å². The van der Waals surface area contributed by atoms with Crippen LogP contribution in [0.1, 0.15) is 35.2 Å². The van der Waals surface area contributed by atoms with E-state index in [4.69, 9.17) is 9.47 Å². The Morgan fingerprint density at radius 1 is 1.50 bits per heavy atom. The molecular formula is C14H17N3O3. The lowest BCUT2D eigenvalue weighted by Crippen LogP contribution is -2.16. The Kier molecular flexibility index (Phi) is 3.31. The van der Waals surface area contributed by atoms with Gasteiger partial charge in [0.05, 0.1) is 20.3 Å². The second-order valence-corrected chi connectivity index (χ2v) is 4.75. The van der Waals surface area contributed by atoms with Crippen molar-refractivity contribution in [3.63, 3.8) is 0 Å². The van der Waals surface area contributed by atoms with Gasteiger partial charge in [0.1, 0.15) is 17.1 Å². The van der Waals surface area contributed by atoms with E-state index in [-0.39, 0.29) is 6.04 Å². The zero-order valence-electron chi connectivity index (χ0n) is 11.5. The lowest BCUT2D eigenvalue weighted by Gasteiger charge is -2.09. The van der Waals surface area contributed by atoms with Crippen LogP contribution in [-0.4, -0.2) is 36.1 Å². The van der Waals surface area contributed by atoms with Gasteiger partial charge < -0.3 is 14.8 Å². The molecule has 0 amide bonds. The number of nitrogens with zero attached hydrogens (tertiary/aromatic N) is 2. The fraction of sp³-hybridized carbons (Fsp3) is 0.429. The molecule has 1 unspecified atom stereocenters. The van der Waals surface area contributed by atoms with E-state index in [2.05, 4.69) is 10.3 Å². The molecule has 1 aliphatic heterocycles. The van der Waals surface area contributed by atoms with Crippen LogP contribution in [0, 0.1) is 0 Å². The first kappa shape index (κ1) is 12.9. The maximum atomic E-state index is 11.9. The minimum atomic E-state index is -0.448. The molecule has 106 valence electrons. The fourth-order valence-corrected chi connectivity index (χ4v) is 2.69. The standard InChI is InChI=1S/C14H17N3O3/c1-19-10-6-4-8-17-12(10)11(14(18)20-2)16-13(17)9-5-3-7-15-9/h4,6,8-9,15H,3,5,7H2,1-2H3. The first-order valence-electron chi connectivity index (χ1n) is 6.63. The number of nitrogens with one attached hydrogen (secondary N) is 1. The van der Waals surface area contributed by atoms with Gasteiger partial charge in [-0.25, -0.2) is 9.78 Å². The summed E-state index contributed by atoms with van der Waals surface area (Å²) in [6.07, 6.45) is 4.01.